The minimum Gasteiger partial charge on any atom is -0.466 e. The summed E-state index contributed by atoms with van der Waals surface area (Å²) in [5.74, 6) is -0.869. The molecule has 4 heteroatoms. The average molecular weight is 221 g/mol. The van der Waals surface area contributed by atoms with Gasteiger partial charge in [0.2, 0.25) is 0 Å². The Bertz CT molecular complexity index is 449. The highest BCUT2D eigenvalue weighted by Crippen LogP contribution is 2.18. The first-order chi connectivity index (χ1) is 7.60. The molecular formula is C12H12FNO2. The van der Waals surface area contributed by atoms with E-state index in [-0.39, 0.29) is 13.0 Å². The van der Waals surface area contributed by atoms with Crippen LogP contribution >= 0.6 is 0 Å². The Balaban J connectivity index is 3.07. The molecule has 0 aliphatic carbocycles. The van der Waals surface area contributed by atoms with Gasteiger partial charge in [-0.25, -0.2) is 4.39 Å². The molecule has 1 aromatic rings. The molecule has 1 aromatic carbocycles. The molecule has 0 aromatic heterocycles. The number of hydrogen-bond acceptors (Lipinski definition) is 3. The first-order valence-electron chi connectivity index (χ1n) is 4.93. The highest BCUT2D eigenvalue weighted by molar-refractivity contribution is 5.74. The predicted molar refractivity (Wildman–Crippen MR) is 56.2 cm³/mol. The second-order valence-electron chi connectivity index (χ2n) is 3.29. The maximum atomic E-state index is 13.3. The molecule has 0 unspecified atom stereocenters. The van der Waals surface area contributed by atoms with Crippen molar-refractivity contribution in [3.8, 4) is 6.07 Å². The first-order valence-corrected chi connectivity index (χ1v) is 4.93. The number of rotatable bonds is 3. The molecule has 0 bridgehead atoms. The largest absolute Gasteiger partial charge is 0.466 e. The van der Waals surface area contributed by atoms with Crippen molar-refractivity contribution in [2.24, 2.45) is 0 Å². The normalized spacial score (nSPS) is 9.62. The molecule has 0 saturated heterocycles. The maximum Gasteiger partial charge on any atom is 0.310 e. The zero-order valence-corrected chi connectivity index (χ0v) is 9.21. The van der Waals surface area contributed by atoms with Crippen LogP contribution < -0.4 is 0 Å². The number of hydrogen-bond donors (Lipinski definition) is 0. The van der Waals surface area contributed by atoms with Gasteiger partial charge in [0, 0.05) is 0 Å². The van der Waals surface area contributed by atoms with E-state index in [1.807, 2.05) is 6.07 Å². The monoisotopic (exact) mass is 221 g/mol. The summed E-state index contributed by atoms with van der Waals surface area (Å²) in [5.41, 5.74) is 1.04. The second kappa shape index (κ2) is 5.26. The quantitative estimate of drug-likeness (QED) is 0.734. The smallest absolute Gasteiger partial charge is 0.310 e. The summed E-state index contributed by atoms with van der Waals surface area (Å²) in [6.45, 7) is 3.52. The van der Waals surface area contributed by atoms with Crippen molar-refractivity contribution in [3.05, 3.63) is 34.6 Å². The molecule has 84 valence electrons. The lowest BCUT2D eigenvalue weighted by Crippen LogP contribution is -2.10. The fourth-order valence-corrected chi connectivity index (χ4v) is 1.42. The number of nitrogens with zero attached hydrogens (tertiary/aromatic N) is 1. The summed E-state index contributed by atoms with van der Waals surface area (Å²) in [5, 5.41) is 8.85. The van der Waals surface area contributed by atoms with Crippen molar-refractivity contribution in [2.45, 2.75) is 20.3 Å². The van der Waals surface area contributed by atoms with Crippen LogP contribution in [0.4, 0.5) is 4.39 Å². The van der Waals surface area contributed by atoms with Crippen molar-refractivity contribution in [1.82, 2.24) is 0 Å². The van der Waals surface area contributed by atoms with Gasteiger partial charge in [0.25, 0.3) is 0 Å². The number of halogens is 1. The highest BCUT2D eigenvalue weighted by atomic mass is 19.1. The van der Waals surface area contributed by atoms with Crippen LogP contribution in [-0.4, -0.2) is 12.6 Å². The van der Waals surface area contributed by atoms with Gasteiger partial charge in [0.15, 0.2) is 0 Å². The van der Waals surface area contributed by atoms with Crippen molar-refractivity contribution >= 4 is 5.97 Å². The molecule has 0 aliphatic heterocycles. The van der Waals surface area contributed by atoms with Gasteiger partial charge in [-0.05, 0) is 37.1 Å². The van der Waals surface area contributed by atoms with E-state index in [9.17, 15) is 9.18 Å². The Morgan fingerprint density at radius 2 is 2.25 bits per heavy atom. The third-order valence-electron chi connectivity index (χ3n) is 2.28. The zero-order chi connectivity index (χ0) is 12.1. The van der Waals surface area contributed by atoms with Crippen LogP contribution in [0.3, 0.4) is 0 Å². The summed E-state index contributed by atoms with van der Waals surface area (Å²) < 4.78 is 18.0. The van der Waals surface area contributed by atoms with Crippen LogP contribution in [0.2, 0.25) is 0 Å². The van der Waals surface area contributed by atoms with E-state index in [1.165, 1.54) is 12.1 Å². The molecule has 0 aliphatic rings. The average Bonchev–Trinajstić information content (AvgIpc) is 2.25. The van der Waals surface area contributed by atoms with Gasteiger partial charge in [0.1, 0.15) is 5.82 Å². The van der Waals surface area contributed by atoms with Gasteiger partial charge >= 0.3 is 5.97 Å². The van der Waals surface area contributed by atoms with Crippen LogP contribution in [0.1, 0.15) is 23.6 Å². The van der Waals surface area contributed by atoms with E-state index in [1.54, 1.807) is 13.8 Å². The van der Waals surface area contributed by atoms with E-state index >= 15 is 0 Å². The van der Waals surface area contributed by atoms with E-state index in [0.717, 1.165) is 0 Å². The standard InChI is InChI=1S/C12H12FNO2/c1-3-16-12(15)6-10-8(2)11(13)5-4-9(10)7-14/h4-5H,3,6H2,1-2H3. The van der Waals surface area contributed by atoms with E-state index in [2.05, 4.69) is 0 Å². The summed E-state index contributed by atoms with van der Waals surface area (Å²) >= 11 is 0. The molecule has 3 nitrogen and oxygen atoms in total. The molecular weight excluding hydrogens is 209 g/mol. The molecule has 0 fully saturated rings. The van der Waals surface area contributed by atoms with E-state index in [4.69, 9.17) is 10.00 Å². The van der Waals surface area contributed by atoms with Gasteiger partial charge in [-0.2, -0.15) is 5.26 Å². The Morgan fingerprint density at radius 3 is 2.81 bits per heavy atom. The number of nitriles is 1. The summed E-state index contributed by atoms with van der Waals surface area (Å²) in [6, 6.07) is 4.53. The van der Waals surface area contributed by atoms with Gasteiger partial charge in [0.05, 0.1) is 24.7 Å². The minimum absolute atomic E-state index is 0.0691. The van der Waals surface area contributed by atoms with Gasteiger partial charge in [-0.15, -0.1) is 0 Å². The zero-order valence-electron chi connectivity index (χ0n) is 9.21. The number of carbonyl (C=O) groups excluding carboxylic acids is 1. The van der Waals surface area contributed by atoms with E-state index < -0.39 is 11.8 Å². The van der Waals surface area contributed by atoms with E-state index in [0.29, 0.717) is 16.7 Å². The lowest BCUT2D eigenvalue weighted by atomic mass is 9.99. The number of benzene rings is 1. The lowest BCUT2D eigenvalue weighted by Gasteiger charge is -2.08. The minimum atomic E-state index is -0.451. The fraction of sp³-hybridized carbons (Fsp3) is 0.333. The molecule has 0 atom stereocenters. The molecule has 0 amide bonds. The molecule has 0 radical (unpaired) electrons. The summed E-state index contributed by atoms with van der Waals surface area (Å²) in [4.78, 5) is 11.3. The Kier molecular flexibility index (Phi) is 4.01. The summed E-state index contributed by atoms with van der Waals surface area (Å²) in [6.07, 6.45) is -0.0691. The van der Waals surface area contributed by atoms with Crippen LogP contribution in [0.25, 0.3) is 0 Å². The van der Waals surface area contributed by atoms with Crippen molar-refractivity contribution < 1.29 is 13.9 Å². The predicted octanol–water partition coefficient (Wildman–Crippen LogP) is 2.11. The Hall–Kier alpha value is -1.89. The van der Waals surface area contributed by atoms with Crippen molar-refractivity contribution in [1.29, 1.82) is 5.26 Å². The Morgan fingerprint density at radius 1 is 1.56 bits per heavy atom. The summed E-state index contributed by atoms with van der Waals surface area (Å²) in [7, 11) is 0. The second-order valence-corrected chi connectivity index (χ2v) is 3.29. The third kappa shape index (κ3) is 2.57. The van der Waals surface area contributed by atoms with Gasteiger partial charge < -0.3 is 4.74 Å². The number of carbonyl (C=O) groups is 1. The van der Waals surface area contributed by atoms with Gasteiger partial charge in [-0.1, -0.05) is 0 Å². The molecule has 0 heterocycles. The molecule has 1 rings (SSSR count). The first kappa shape index (κ1) is 12.2. The van der Waals surface area contributed by atoms with Gasteiger partial charge in [-0.3, -0.25) is 4.79 Å². The van der Waals surface area contributed by atoms with Crippen LogP contribution in [0.5, 0.6) is 0 Å². The number of ether oxygens (including phenoxy) is 1. The number of esters is 1. The van der Waals surface area contributed by atoms with Crippen molar-refractivity contribution in [2.75, 3.05) is 6.61 Å². The lowest BCUT2D eigenvalue weighted by molar-refractivity contribution is -0.142. The molecule has 0 N–H and O–H groups in total. The molecule has 0 spiro atoms. The van der Waals surface area contributed by atoms with Crippen LogP contribution in [0.15, 0.2) is 12.1 Å². The Labute approximate surface area is 93.5 Å². The highest BCUT2D eigenvalue weighted by Gasteiger charge is 2.14. The molecule has 16 heavy (non-hydrogen) atoms. The maximum absolute atomic E-state index is 13.3. The topological polar surface area (TPSA) is 50.1 Å². The van der Waals surface area contributed by atoms with Crippen LogP contribution in [-0.2, 0) is 16.0 Å². The van der Waals surface area contributed by atoms with Crippen LogP contribution in [0, 0.1) is 24.1 Å². The third-order valence-corrected chi connectivity index (χ3v) is 2.28. The SMILES string of the molecule is CCOC(=O)Cc1c(C#N)ccc(F)c1C. The van der Waals surface area contributed by atoms with Crippen molar-refractivity contribution in [3.63, 3.8) is 0 Å². The molecule has 0 saturated carbocycles. The fourth-order valence-electron chi connectivity index (χ4n) is 1.42.